The zero-order valence-corrected chi connectivity index (χ0v) is 20.5. The van der Waals surface area contributed by atoms with E-state index in [1.54, 1.807) is 35.2 Å². The monoisotopic (exact) mass is 517 g/mol. The number of hydrogen-bond donors (Lipinski definition) is 1. The maximum absolute atomic E-state index is 14.0. The highest BCUT2D eigenvalue weighted by molar-refractivity contribution is 5.78. The number of likely N-dealkylation sites (tertiary alicyclic amines) is 1. The first-order valence-electron chi connectivity index (χ1n) is 12.2. The molecule has 0 unspecified atom stereocenters. The summed E-state index contributed by atoms with van der Waals surface area (Å²) in [6.07, 6.45) is -2.01. The fourth-order valence-electron chi connectivity index (χ4n) is 4.57. The van der Waals surface area contributed by atoms with Gasteiger partial charge in [0, 0.05) is 38.2 Å². The van der Waals surface area contributed by atoms with Gasteiger partial charge in [-0.25, -0.2) is 13.8 Å². The van der Waals surface area contributed by atoms with E-state index in [1.807, 2.05) is 4.90 Å². The van der Waals surface area contributed by atoms with Crippen LogP contribution in [0.3, 0.4) is 0 Å². The molecule has 3 aromatic rings. The Hall–Kier alpha value is -3.42. The lowest BCUT2D eigenvalue weighted by Crippen LogP contribution is -2.37. The zero-order chi connectivity index (χ0) is 25.8. The van der Waals surface area contributed by atoms with Gasteiger partial charge in [-0.2, -0.15) is 15.4 Å². The molecule has 1 N–H and O–H groups in total. The molecule has 1 amide bonds. The Morgan fingerprint density at radius 2 is 2.00 bits per heavy atom. The normalized spacial score (nSPS) is 18.2. The first-order chi connectivity index (χ1) is 18.0. The molecule has 0 radical (unpaired) electrons. The fourth-order valence-corrected chi connectivity index (χ4v) is 4.57. The third-order valence-corrected chi connectivity index (χ3v) is 6.46. The number of imidazole rings is 1. The molecule has 2 aliphatic heterocycles. The van der Waals surface area contributed by atoms with Crippen LogP contribution in [-0.2, 0) is 14.4 Å². The van der Waals surface area contributed by atoms with Gasteiger partial charge in [0.25, 0.3) is 6.43 Å². The van der Waals surface area contributed by atoms with E-state index in [9.17, 15) is 13.6 Å². The number of hydroxylamine groups is 1. The second-order valence-electron chi connectivity index (χ2n) is 8.89. The van der Waals surface area contributed by atoms with Crippen molar-refractivity contribution in [2.24, 2.45) is 5.92 Å². The maximum Gasteiger partial charge on any atom is 0.296 e. The number of aromatic nitrogens is 4. The van der Waals surface area contributed by atoms with Crippen molar-refractivity contribution in [3.05, 3.63) is 36.2 Å². The number of ether oxygens (including phenoxy) is 2. The molecule has 5 rings (SSSR count). The third-order valence-electron chi connectivity index (χ3n) is 6.46. The van der Waals surface area contributed by atoms with Crippen molar-refractivity contribution >= 4 is 22.9 Å². The molecule has 0 bridgehead atoms. The standard InChI is InChI=1S/C24H29F2N7O4/c1-35-27-13-21(34)32-7-6-16(14-32)15-37-20-12-19(29-24(30-20)31-8-10-36-11-9-31)33-18-5-3-2-4-17(18)28-23(33)22(25)26/h2-5,12,16,22,27H,6-11,13-15H2,1H3/t16-/m0/s1. The van der Waals surface area contributed by atoms with Crippen LogP contribution >= 0.6 is 0 Å². The molecule has 1 aromatic carbocycles. The van der Waals surface area contributed by atoms with Crippen molar-refractivity contribution in [2.75, 3.05) is 64.6 Å². The van der Waals surface area contributed by atoms with E-state index in [0.717, 1.165) is 6.42 Å². The number of fused-ring (bicyclic) bond motifs is 1. The molecular weight excluding hydrogens is 488 g/mol. The summed E-state index contributed by atoms with van der Waals surface area (Å²) in [5.41, 5.74) is 3.53. The first kappa shape index (κ1) is 25.2. The Morgan fingerprint density at radius 3 is 2.78 bits per heavy atom. The van der Waals surface area contributed by atoms with E-state index < -0.39 is 12.2 Å². The van der Waals surface area contributed by atoms with Crippen LogP contribution < -0.4 is 15.1 Å². The Labute approximate surface area is 212 Å². The van der Waals surface area contributed by atoms with Gasteiger partial charge in [0.2, 0.25) is 17.7 Å². The topological polar surface area (TPSA) is 107 Å². The molecule has 0 saturated carbocycles. The fraction of sp³-hybridized carbons (Fsp3) is 0.500. The SMILES string of the molecule is CONCC(=O)N1CC[C@H](COc2cc(-n3c(C(F)F)nc4ccccc43)nc(N3CCOCC3)n2)C1. The summed E-state index contributed by atoms with van der Waals surface area (Å²) in [5.74, 6) is 0.577. The summed E-state index contributed by atoms with van der Waals surface area (Å²) in [6, 6.07) is 8.50. The Kier molecular flexibility index (Phi) is 7.72. The van der Waals surface area contributed by atoms with Crippen LogP contribution in [0.2, 0.25) is 0 Å². The Bertz CT molecular complexity index is 1240. The Balaban J connectivity index is 1.42. The molecule has 13 heteroatoms. The van der Waals surface area contributed by atoms with Gasteiger partial charge in [0.05, 0.1) is 38.0 Å². The van der Waals surface area contributed by atoms with E-state index in [-0.39, 0.29) is 30.1 Å². The number of carbonyl (C=O) groups excluding carboxylic acids is 1. The predicted molar refractivity (Wildman–Crippen MR) is 130 cm³/mol. The van der Waals surface area contributed by atoms with Gasteiger partial charge in [-0.15, -0.1) is 0 Å². The van der Waals surface area contributed by atoms with Crippen molar-refractivity contribution in [1.29, 1.82) is 0 Å². The molecule has 0 aliphatic carbocycles. The number of benzene rings is 1. The highest BCUT2D eigenvalue weighted by atomic mass is 19.3. The third kappa shape index (κ3) is 5.63. The molecule has 11 nitrogen and oxygen atoms in total. The van der Waals surface area contributed by atoms with Crippen LogP contribution in [0.4, 0.5) is 14.7 Å². The van der Waals surface area contributed by atoms with Crippen molar-refractivity contribution in [3.63, 3.8) is 0 Å². The van der Waals surface area contributed by atoms with E-state index in [0.29, 0.717) is 63.0 Å². The number of para-hydroxylation sites is 2. The lowest BCUT2D eigenvalue weighted by molar-refractivity contribution is -0.131. The number of rotatable bonds is 9. The summed E-state index contributed by atoms with van der Waals surface area (Å²) in [7, 11) is 1.46. The number of morpholine rings is 1. The predicted octanol–water partition coefficient (Wildman–Crippen LogP) is 1.97. The quantitative estimate of drug-likeness (QED) is 0.427. The van der Waals surface area contributed by atoms with E-state index in [1.165, 1.54) is 11.7 Å². The number of halogens is 2. The number of hydrogen-bond acceptors (Lipinski definition) is 9. The molecule has 2 aromatic heterocycles. The van der Waals surface area contributed by atoms with Crippen LogP contribution in [0.25, 0.3) is 16.9 Å². The largest absolute Gasteiger partial charge is 0.477 e. The number of nitrogens with zero attached hydrogens (tertiary/aromatic N) is 6. The molecule has 198 valence electrons. The summed E-state index contributed by atoms with van der Waals surface area (Å²) in [6.45, 7) is 3.80. The number of amides is 1. The zero-order valence-electron chi connectivity index (χ0n) is 20.5. The highest BCUT2D eigenvalue weighted by Gasteiger charge is 2.28. The van der Waals surface area contributed by atoms with E-state index in [2.05, 4.69) is 20.4 Å². The van der Waals surface area contributed by atoms with Crippen LogP contribution in [0.15, 0.2) is 30.3 Å². The second-order valence-corrected chi connectivity index (χ2v) is 8.89. The highest BCUT2D eigenvalue weighted by Crippen LogP contribution is 2.30. The minimum Gasteiger partial charge on any atom is -0.477 e. The minimum atomic E-state index is -2.80. The average Bonchev–Trinajstić information content (AvgIpc) is 3.56. The summed E-state index contributed by atoms with van der Waals surface area (Å²) < 4.78 is 40.9. The van der Waals surface area contributed by atoms with Gasteiger partial charge in [-0.1, -0.05) is 12.1 Å². The summed E-state index contributed by atoms with van der Waals surface area (Å²) in [4.78, 5) is 34.1. The number of alkyl halides is 2. The van der Waals surface area contributed by atoms with Crippen LogP contribution in [0.1, 0.15) is 18.7 Å². The van der Waals surface area contributed by atoms with Gasteiger partial charge >= 0.3 is 0 Å². The summed E-state index contributed by atoms with van der Waals surface area (Å²) in [5, 5.41) is 0. The second kappa shape index (κ2) is 11.3. The molecule has 1 atom stereocenters. The average molecular weight is 518 g/mol. The van der Waals surface area contributed by atoms with Crippen molar-refractivity contribution in [3.8, 4) is 11.7 Å². The Morgan fingerprint density at radius 1 is 1.19 bits per heavy atom. The van der Waals surface area contributed by atoms with Crippen LogP contribution in [-0.4, -0.2) is 90.0 Å². The molecular formula is C24H29F2N7O4. The van der Waals surface area contributed by atoms with E-state index >= 15 is 0 Å². The lowest BCUT2D eigenvalue weighted by Gasteiger charge is -2.27. The molecule has 37 heavy (non-hydrogen) atoms. The first-order valence-corrected chi connectivity index (χ1v) is 12.2. The van der Waals surface area contributed by atoms with Gasteiger partial charge in [0.1, 0.15) is 12.4 Å². The van der Waals surface area contributed by atoms with E-state index in [4.69, 9.17) is 14.3 Å². The molecule has 2 saturated heterocycles. The summed E-state index contributed by atoms with van der Waals surface area (Å²) >= 11 is 0. The van der Waals surface area contributed by atoms with Gasteiger partial charge in [-0.05, 0) is 18.6 Å². The van der Waals surface area contributed by atoms with Crippen molar-refractivity contribution in [1.82, 2.24) is 29.9 Å². The molecule has 2 aliphatic rings. The molecule has 2 fully saturated rings. The lowest BCUT2D eigenvalue weighted by atomic mass is 10.1. The maximum atomic E-state index is 14.0. The van der Waals surface area contributed by atoms with Gasteiger partial charge in [0.15, 0.2) is 5.82 Å². The van der Waals surface area contributed by atoms with Crippen LogP contribution in [0.5, 0.6) is 5.88 Å². The number of nitrogens with one attached hydrogen (secondary N) is 1. The van der Waals surface area contributed by atoms with Gasteiger partial charge < -0.3 is 24.1 Å². The minimum absolute atomic E-state index is 0.0465. The van der Waals surface area contributed by atoms with Crippen LogP contribution in [0, 0.1) is 5.92 Å². The number of carbonyl (C=O) groups is 1. The smallest absolute Gasteiger partial charge is 0.296 e. The molecule has 4 heterocycles. The number of anilines is 1. The van der Waals surface area contributed by atoms with Crippen molar-refractivity contribution < 1.29 is 27.9 Å². The van der Waals surface area contributed by atoms with Crippen molar-refractivity contribution in [2.45, 2.75) is 12.8 Å². The molecule has 0 spiro atoms. The van der Waals surface area contributed by atoms with Gasteiger partial charge in [-0.3, -0.25) is 9.36 Å².